The highest BCUT2D eigenvalue weighted by molar-refractivity contribution is 5.80. The van der Waals surface area contributed by atoms with Gasteiger partial charge >= 0.3 is 11.9 Å². The van der Waals surface area contributed by atoms with Gasteiger partial charge in [0.1, 0.15) is 18.1 Å². The first-order chi connectivity index (χ1) is 17.7. The van der Waals surface area contributed by atoms with Gasteiger partial charge in [0.05, 0.1) is 25.4 Å². The average Bonchev–Trinajstić information content (AvgIpc) is 3.61. The summed E-state index contributed by atoms with van der Waals surface area (Å²) in [5.74, 6) is -1.19. The first kappa shape index (κ1) is 24.6. The Hall–Kier alpha value is -2.78. The minimum atomic E-state index is -1.37. The van der Waals surface area contributed by atoms with Crippen LogP contribution in [-0.4, -0.2) is 67.9 Å². The molecule has 9 heteroatoms. The summed E-state index contributed by atoms with van der Waals surface area (Å²) >= 11 is 0. The van der Waals surface area contributed by atoms with Crippen LogP contribution in [0.1, 0.15) is 63.0 Å². The highest BCUT2D eigenvalue weighted by Gasteiger charge is 2.60. The minimum absolute atomic E-state index is 0.158. The molecular weight excluding hydrogens is 478 g/mol. The summed E-state index contributed by atoms with van der Waals surface area (Å²) in [6.45, 7) is 5.89. The van der Waals surface area contributed by atoms with Gasteiger partial charge in [0, 0.05) is 18.9 Å². The number of nitrogens with zero attached hydrogens (tertiary/aromatic N) is 1. The molecule has 0 radical (unpaired) electrons. The van der Waals surface area contributed by atoms with Gasteiger partial charge in [-0.3, -0.25) is 14.5 Å². The second kappa shape index (κ2) is 8.63. The lowest BCUT2D eigenvalue weighted by Gasteiger charge is -2.40. The second-order valence-electron chi connectivity index (χ2n) is 11.4. The summed E-state index contributed by atoms with van der Waals surface area (Å²) in [7, 11) is 2.93. The first-order valence-electron chi connectivity index (χ1n) is 13.1. The molecule has 37 heavy (non-hydrogen) atoms. The van der Waals surface area contributed by atoms with E-state index in [1.807, 2.05) is 19.9 Å². The van der Waals surface area contributed by atoms with Crippen molar-refractivity contribution in [3.8, 4) is 11.5 Å². The Kier molecular flexibility index (Phi) is 5.73. The standard InChI is InChI=1S/C28H35NO8/c1-26(2)8-9-28(37-26,15-22(30)33-4)36-25(31)23-21(32-3)14-27-7-5-10-29(27)11-6-17-12-19-20(35-16-34-19)13-18(17)24(23)27/h12-14,23-24H,5-11,15-16H2,1-4H3. The fourth-order valence-corrected chi connectivity index (χ4v) is 7.15. The van der Waals surface area contributed by atoms with Crippen LogP contribution < -0.4 is 9.47 Å². The number of carbonyl (C=O) groups is 2. The Labute approximate surface area is 217 Å². The SMILES string of the molecule is COC(=O)CC1(OC(=O)C2C(OC)=CC34CCCN3CCc3cc5c(cc3C24)OCO5)CCC(C)(C)O1. The number of fused-ring (bicyclic) bond motifs is 3. The number of hydrogen-bond acceptors (Lipinski definition) is 9. The Morgan fingerprint density at radius 1 is 1.08 bits per heavy atom. The van der Waals surface area contributed by atoms with Gasteiger partial charge in [-0.15, -0.1) is 0 Å². The number of ether oxygens (including phenoxy) is 6. The summed E-state index contributed by atoms with van der Waals surface area (Å²) in [4.78, 5) is 29.0. The maximum Gasteiger partial charge on any atom is 0.319 e. The lowest BCUT2D eigenvalue weighted by atomic mass is 9.74. The molecule has 0 aromatic heterocycles. The lowest BCUT2D eigenvalue weighted by Crippen LogP contribution is -2.48. The van der Waals surface area contributed by atoms with Gasteiger partial charge < -0.3 is 28.4 Å². The van der Waals surface area contributed by atoms with E-state index in [1.54, 1.807) is 7.11 Å². The van der Waals surface area contributed by atoms with Crippen LogP contribution in [0.4, 0.5) is 0 Å². The van der Waals surface area contributed by atoms with Crippen molar-refractivity contribution in [2.24, 2.45) is 5.92 Å². The molecule has 9 nitrogen and oxygen atoms in total. The Morgan fingerprint density at radius 2 is 1.86 bits per heavy atom. The summed E-state index contributed by atoms with van der Waals surface area (Å²) in [5, 5.41) is 0. The van der Waals surface area contributed by atoms with E-state index in [0.29, 0.717) is 24.4 Å². The van der Waals surface area contributed by atoms with Crippen LogP contribution in [0.2, 0.25) is 0 Å². The number of carbonyl (C=O) groups excluding carboxylic acids is 2. The number of benzene rings is 1. The number of methoxy groups -OCH3 is 2. The highest BCUT2D eigenvalue weighted by atomic mass is 16.7. The van der Waals surface area contributed by atoms with E-state index in [-0.39, 0.29) is 24.7 Å². The summed E-state index contributed by atoms with van der Waals surface area (Å²) in [6, 6.07) is 4.10. The van der Waals surface area contributed by atoms with Crippen LogP contribution in [0.15, 0.2) is 24.0 Å². The maximum atomic E-state index is 14.2. The van der Waals surface area contributed by atoms with Crippen molar-refractivity contribution in [2.45, 2.75) is 75.2 Å². The molecule has 4 unspecified atom stereocenters. The predicted octanol–water partition coefficient (Wildman–Crippen LogP) is 3.44. The molecule has 0 bridgehead atoms. The van der Waals surface area contributed by atoms with Gasteiger partial charge in [-0.1, -0.05) is 0 Å². The number of hydrogen-bond donors (Lipinski definition) is 0. The molecule has 4 heterocycles. The normalized spacial score (nSPS) is 33.1. The van der Waals surface area contributed by atoms with Crippen molar-refractivity contribution in [1.29, 1.82) is 0 Å². The zero-order valence-electron chi connectivity index (χ0n) is 22.0. The molecule has 5 aliphatic rings. The lowest BCUT2D eigenvalue weighted by molar-refractivity contribution is -0.245. The van der Waals surface area contributed by atoms with Gasteiger partial charge in [-0.05, 0) is 75.4 Å². The van der Waals surface area contributed by atoms with E-state index in [9.17, 15) is 9.59 Å². The van der Waals surface area contributed by atoms with Gasteiger partial charge in [0.25, 0.3) is 0 Å². The molecule has 1 aromatic carbocycles. The van der Waals surface area contributed by atoms with Crippen LogP contribution in [0, 0.1) is 5.92 Å². The minimum Gasteiger partial charge on any atom is -0.500 e. The maximum absolute atomic E-state index is 14.2. The van der Waals surface area contributed by atoms with Crippen molar-refractivity contribution >= 4 is 11.9 Å². The Morgan fingerprint density at radius 3 is 2.57 bits per heavy atom. The van der Waals surface area contributed by atoms with E-state index < -0.39 is 29.2 Å². The zero-order valence-corrected chi connectivity index (χ0v) is 22.0. The average molecular weight is 514 g/mol. The van der Waals surface area contributed by atoms with Crippen LogP contribution in [0.25, 0.3) is 0 Å². The van der Waals surface area contributed by atoms with E-state index in [2.05, 4.69) is 17.0 Å². The molecule has 1 aliphatic carbocycles. The molecule has 6 rings (SSSR count). The first-order valence-corrected chi connectivity index (χ1v) is 13.1. The van der Waals surface area contributed by atoms with Gasteiger partial charge in [0.15, 0.2) is 11.5 Å². The fraction of sp³-hybridized carbons (Fsp3) is 0.643. The summed E-state index contributed by atoms with van der Waals surface area (Å²) in [5.41, 5.74) is 1.32. The Balaban J connectivity index is 1.42. The zero-order chi connectivity index (χ0) is 26.0. The molecule has 2 saturated heterocycles. The van der Waals surface area contributed by atoms with E-state index in [1.165, 1.54) is 7.11 Å². The molecule has 1 spiro atoms. The van der Waals surface area contributed by atoms with Crippen LogP contribution in [0.5, 0.6) is 11.5 Å². The molecular formula is C28H35NO8. The van der Waals surface area contributed by atoms with E-state index in [0.717, 1.165) is 49.2 Å². The molecule has 1 aromatic rings. The number of rotatable bonds is 5. The summed E-state index contributed by atoms with van der Waals surface area (Å²) in [6.07, 6.45) is 5.86. The van der Waals surface area contributed by atoms with Gasteiger partial charge in [-0.25, -0.2) is 0 Å². The van der Waals surface area contributed by atoms with Crippen LogP contribution >= 0.6 is 0 Å². The molecule has 0 saturated carbocycles. The third-order valence-corrected chi connectivity index (χ3v) is 8.77. The van der Waals surface area contributed by atoms with Gasteiger partial charge in [0.2, 0.25) is 12.6 Å². The van der Waals surface area contributed by atoms with Crippen molar-refractivity contribution in [2.75, 3.05) is 34.1 Å². The third kappa shape index (κ3) is 3.89. The fourth-order valence-electron chi connectivity index (χ4n) is 7.15. The van der Waals surface area contributed by atoms with Crippen molar-refractivity contribution in [3.63, 3.8) is 0 Å². The quantitative estimate of drug-likeness (QED) is 0.549. The number of esters is 2. The molecule has 4 atom stereocenters. The third-order valence-electron chi connectivity index (χ3n) is 8.77. The van der Waals surface area contributed by atoms with E-state index >= 15 is 0 Å². The molecule has 0 amide bonds. The highest BCUT2D eigenvalue weighted by Crippen LogP contribution is 2.58. The van der Waals surface area contributed by atoms with Crippen molar-refractivity contribution < 1.29 is 38.0 Å². The monoisotopic (exact) mass is 513 g/mol. The molecule has 0 N–H and O–H groups in total. The van der Waals surface area contributed by atoms with Crippen LogP contribution in [-0.2, 0) is 35.0 Å². The predicted molar refractivity (Wildman–Crippen MR) is 131 cm³/mol. The molecule has 4 aliphatic heterocycles. The summed E-state index contributed by atoms with van der Waals surface area (Å²) < 4.78 is 34.7. The van der Waals surface area contributed by atoms with Gasteiger partial charge in [-0.2, -0.15) is 0 Å². The Bertz CT molecular complexity index is 1160. The van der Waals surface area contributed by atoms with Crippen LogP contribution in [0.3, 0.4) is 0 Å². The molecule has 2 fully saturated rings. The topological polar surface area (TPSA) is 92.8 Å². The second-order valence-corrected chi connectivity index (χ2v) is 11.4. The van der Waals surface area contributed by atoms with E-state index in [4.69, 9.17) is 28.4 Å². The largest absolute Gasteiger partial charge is 0.500 e. The smallest absolute Gasteiger partial charge is 0.319 e. The van der Waals surface area contributed by atoms with Crippen molar-refractivity contribution in [1.82, 2.24) is 4.90 Å². The van der Waals surface area contributed by atoms with Crippen molar-refractivity contribution in [3.05, 3.63) is 35.1 Å². The molecule has 200 valence electrons.